The van der Waals surface area contributed by atoms with E-state index < -0.39 is 13.9 Å². The molecule has 0 aliphatic carbocycles. The van der Waals surface area contributed by atoms with Gasteiger partial charge in [-0.2, -0.15) is 5.26 Å². The maximum Gasteiger partial charge on any atom is 0.186 e. The second-order valence-electron chi connectivity index (χ2n) is 9.40. The van der Waals surface area contributed by atoms with Crippen LogP contribution in [-0.2, 0) is 10.0 Å². The van der Waals surface area contributed by atoms with Gasteiger partial charge in [0, 0.05) is 28.9 Å². The quantitative estimate of drug-likeness (QED) is 0.308. The number of hydrogen-bond acceptors (Lipinski definition) is 2. The van der Waals surface area contributed by atoms with Crippen LogP contribution in [0.25, 0.3) is 10.9 Å². The van der Waals surface area contributed by atoms with Gasteiger partial charge in [0.25, 0.3) is 0 Å². The van der Waals surface area contributed by atoms with Crippen molar-refractivity contribution in [3.63, 3.8) is 0 Å². The van der Waals surface area contributed by atoms with Crippen LogP contribution < -0.4 is 0 Å². The molecule has 32 heavy (non-hydrogen) atoms. The number of aromatic amines is 1. The first-order valence-electron chi connectivity index (χ1n) is 11.1. The molecule has 4 rings (SSSR count). The van der Waals surface area contributed by atoms with Crippen LogP contribution in [0.1, 0.15) is 34.7 Å². The number of benzene rings is 3. The first-order chi connectivity index (χ1) is 15.3. The molecule has 0 saturated carbocycles. The van der Waals surface area contributed by atoms with E-state index in [4.69, 9.17) is 4.43 Å². The summed E-state index contributed by atoms with van der Waals surface area (Å²) in [5.41, 5.74) is 4.57. The van der Waals surface area contributed by atoms with Crippen LogP contribution in [0.4, 0.5) is 0 Å². The van der Waals surface area contributed by atoms with Gasteiger partial charge in [0.2, 0.25) is 0 Å². The van der Waals surface area contributed by atoms with Gasteiger partial charge in [-0.05, 0) is 49.3 Å². The summed E-state index contributed by atoms with van der Waals surface area (Å²) in [4.78, 5) is 3.55. The van der Waals surface area contributed by atoms with Gasteiger partial charge in [0.05, 0.1) is 0 Å². The predicted molar refractivity (Wildman–Crippen MR) is 134 cm³/mol. The molecule has 1 aromatic heterocycles. The maximum absolute atomic E-state index is 10.6. The first-order valence-corrected chi connectivity index (χ1v) is 14.5. The summed E-state index contributed by atoms with van der Waals surface area (Å²) in [6.45, 7) is 8.57. The van der Waals surface area contributed by atoms with Crippen LogP contribution in [0.2, 0.25) is 19.6 Å². The molecule has 0 saturated heterocycles. The van der Waals surface area contributed by atoms with Gasteiger partial charge in [-0.1, -0.05) is 78.9 Å². The average molecular weight is 439 g/mol. The molecule has 0 amide bonds. The summed E-state index contributed by atoms with van der Waals surface area (Å²) in [5.74, 6) is 0.00329. The van der Waals surface area contributed by atoms with E-state index in [1.165, 1.54) is 16.5 Å². The van der Waals surface area contributed by atoms with Crippen LogP contribution in [0, 0.1) is 18.3 Å². The van der Waals surface area contributed by atoms with Gasteiger partial charge >= 0.3 is 0 Å². The number of para-hydroxylation sites is 1. The van der Waals surface area contributed by atoms with E-state index in [-0.39, 0.29) is 5.92 Å². The molecule has 3 aromatic carbocycles. The third-order valence-corrected chi connectivity index (χ3v) is 6.85. The minimum absolute atomic E-state index is 0.00329. The van der Waals surface area contributed by atoms with Crippen molar-refractivity contribution in [2.45, 2.75) is 44.5 Å². The van der Waals surface area contributed by atoms with Crippen LogP contribution in [0.15, 0.2) is 84.9 Å². The molecule has 0 radical (unpaired) electrons. The normalized spacial score (nSPS) is 14.6. The highest BCUT2D eigenvalue weighted by atomic mass is 28.4. The van der Waals surface area contributed by atoms with Crippen LogP contribution in [-0.4, -0.2) is 13.3 Å². The number of nitriles is 1. The van der Waals surface area contributed by atoms with Crippen LogP contribution in [0.3, 0.4) is 0 Å². The Balaban J connectivity index is 1.93. The van der Waals surface area contributed by atoms with Crippen molar-refractivity contribution in [3.05, 3.63) is 107 Å². The number of fused-ring (bicyclic) bond motifs is 1. The second kappa shape index (κ2) is 8.78. The van der Waals surface area contributed by atoms with Crippen molar-refractivity contribution >= 4 is 19.2 Å². The van der Waals surface area contributed by atoms with Crippen LogP contribution in [0.5, 0.6) is 0 Å². The van der Waals surface area contributed by atoms with Crippen LogP contribution >= 0.6 is 0 Å². The number of nitrogens with zero attached hydrogens (tertiary/aromatic N) is 1. The number of aromatic nitrogens is 1. The molecule has 0 aliphatic heterocycles. The van der Waals surface area contributed by atoms with E-state index in [1.807, 2.05) is 36.4 Å². The Morgan fingerprint density at radius 3 is 2.12 bits per heavy atom. The molecule has 2 unspecified atom stereocenters. The van der Waals surface area contributed by atoms with Crippen molar-refractivity contribution in [2.75, 3.05) is 0 Å². The zero-order chi connectivity index (χ0) is 22.8. The Labute approximate surface area is 191 Å². The lowest BCUT2D eigenvalue weighted by atomic mass is 9.78. The molecule has 3 nitrogen and oxygen atoms in total. The van der Waals surface area contributed by atoms with Gasteiger partial charge < -0.3 is 9.41 Å². The Morgan fingerprint density at radius 2 is 1.50 bits per heavy atom. The van der Waals surface area contributed by atoms with Gasteiger partial charge in [-0.15, -0.1) is 0 Å². The Hall–Kier alpha value is -3.13. The van der Waals surface area contributed by atoms with Crippen molar-refractivity contribution < 1.29 is 4.43 Å². The molecule has 0 aliphatic rings. The van der Waals surface area contributed by atoms with Gasteiger partial charge in [0.15, 0.2) is 13.9 Å². The summed E-state index contributed by atoms with van der Waals surface area (Å²) in [7, 11) is -2.05. The fraction of sp³-hybridized carbons (Fsp3) is 0.250. The fourth-order valence-corrected chi connectivity index (χ4v) is 5.98. The highest BCUT2D eigenvalue weighted by Gasteiger charge is 2.41. The van der Waals surface area contributed by atoms with E-state index in [9.17, 15) is 5.26 Å². The van der Waals surface area contributed by atoms with E-state index in [1.54, 1.807) is 0 Å². The van der Waals surface area contributed by atoms with E-state index >= 15 is 0 Å². The lowest BCUT2D eigenvalue weighted by Gasteiger charge is -2.37. The monoisotopic (exact) mass is 438 g/mol. The highest BCUT2D eigenvalue weighted by Crippen LogP contribution is 2.44. The molecule has 1 heterocycles. The van der Waals surface area contributed by atoms with Crippen molar-refractivity contribution in [1.82, 2.24) is 4.98 Å². The van der Waals surface area contributed by atoms with Gasteiger partial charge in [0.1, 0.15) is 6.07 Å². The zero-order valence-corrected chi connectivity index (χ0v) is 20.2. The maximum atomic E-state index is 10.6. The average Bonchev–Trinajstić information content (AvgIpc) is 3.12. The number of nitrogens with one attached hydrogen (secondary N) is 1. The fourth-order valence-electron chi connectivity index (χ4n) is 4.69. The molecule has 4 heteroatoms. The summed E-state index contributed by atoms with van der Waals surface area (Å²) >= 11 is 0. The smallest absolute Gasteiger partial charge is 0.186 e. The standard InChI is InChI=1S/C28H30N2OSi/c1-21-27(24-17-11-12-18-26(24)30-21)25(22-13-7-5-8-14-22)19-28(20-29,31-32(2,3)4)23-15-9-6-10-16-23/h5-18,25,30H,19H2,1-4H3. The number of rotatable bonds is 7. The molecule has 4 aromatic rings. The Kier molecular flexibility index (Phi) is 6.06. The molecule has 162 valence electrons. The number of hydrogen-bond donors (Lipinski definition) is 1. The Bertz CT molecular complexity index is 1240. The highest BCUT2D eigenvalue weighted by molar-refractivity contribution is 6.69. The predicted octanol–water partition coefficient (Wildman–Crippen LogP) is 7.27. The largest absolute Gasteiger partial charge is 0.396 e. The molecule has 0 fully saturated rings. The number of aryl methyl sites for hydroxylation is 1. The van der Waals surface area contributed by atoms with Crippen molar-refractivity contribution in [1.29, 1.82) is 5.26 Å². The minimum atomic E-state index is -2.05. The lowest BCUT2D eigenvalue weighted by molar-refractivity contribution is 0.104. The van der Waals surface area contributed by atoms with Gasteiger partial charge in [-0.3, -0.25) is 0 Å². The summed E-state index contributed by atoms with van der Waals surface area (Å²) in [5, 5.41) is 11.8. The second-order valence-corrected chi connectivity index (χ2v) is 13.8. The van der Waals surface area contributed by atoms with Gasteiger partial charge in [-0.25, -0.2) is 0 Å². The minimum Gasteiger partial charge on any atom is -0.396 e. The molecule has 1 N–H and O–H groups in total. The summed E-state index contributed by atoms with van der Waals surface area (Å²) < 4.78 is 6.73. The molecule has 0 bridgehead atoms. The molecular formula is C28H30N2OSi. The SMILES string of the molecule is Cc1[nH]c2ccccc2c1C(CC(C#N)(O[Si](C)(C)C)c1ccccc1)c1ccccc1. The first kappa shape index (κ1) is 22.1. The summed E-state index contributed by atoms with van der Waals surface area (Å²) in [6.07, 6.45) is 0.546. The topological polar surface area (TPSA) is 48.8 Å². The van der Waals surface area contributed by atoms with Crippen molar-refractivity contribution in [3.8, 4) is 6.07 Å². The van der Waals surface area contributed by atoms with E-state index in [0.29, 0.717) is 6.42 Å². The number of H-pyrrole nitrogens is 1. The third-order valence-electron chi connectivity index (χ3n) is 5.89. The summed E-state index contributed by atoms with van der Waals surface area (Å²) in [6, 6.07) is 31.5. The Morgan fingerprint density at radius 1 is 0.906 bits per heavy atom. The van der Waals surface area contributed by atoms with E-state index in [0.717, 1.165) is 16.8 Å². The zero-order valence-electron chi connectivity index (χ0n) is 19.2. The lowest BCUT2D eigenvalue weighted by Crippen LogP contribution is -2.41. The molecule has 2 atom stereocenters. The molecule has 0 spiro atoms. The third kappa shape index (κ3) is 4.41. The van der Waals surface area contributed by atoms with Crippen molar-refractivity contribution in [2.24, 2.45) is 0 Å². The van der Waals surface area contributed by atoms with E-state index in [2.05, 4.69) is 86.1 Å². The molecular weight excluding hydrogens is 408 g/mol.